The summed E-state index contributed by atoms with van der Waals surface area (Å²) < 4.78 is 7.63. The molecule has 4 rings (SSSR count). The lowest BCUT2D eigenvalue weighted by Crippen LogP contribution is -2.20. The number of hydrogen-bond acceptors (Lipinski definition) is 5. The fourth-order valence-electron chi connectivity index (χ4n) is 4.10. The Balaban J connectivity index is 1.46. The Bertz CT molecular complexity index is 934. The molecule has 0 radical (unpaired) electrons. The van der Waals surface area contributed by atoms with Gasteiger partial charge in [-0.1, -0.05) is 12.1 Å². The van der Waals surface area contributed by atoms with Crippen LogP contribution in [0.3, 0.4) is 0 Å². The summed E-state index contributed by atoms with van der Waals surface area (Å²) in [5.41, 5.74) is 3.55. The van der Waals surface area contributed by atoms with Gasteiger partial charge in [0.15, 0.2) is 5.65 Å². The molecule has 0 amide bonds. The molecule has 154 valence electrons. The molecular weight excluding hydrogens is 362 g/mol. The maximum atomic E-state index is 5.55. The second-order valence-corrected chi connectivity index (χ2v) is 8.08. The lowest BCUT2D eigenvalue weighted by atomic mass is 10.0. The minimum Gasteiger partial charge on any atom is -0.494 e. The highest BCUT2D eigenvalue weighted by Crippen LogP contribution is 2.32. The fraction of sp³-hybridized carbons (Fsp3) is 0.478. The lowest BCUT2D eigenvalue weighted by Gasteiger charge is -2.16. The molecule has 0 unspecified atom stereocenters. The van der Waals surface area contributed by atoms with E-state index in [1.807, 2.05) is 19.2 Å². The molecule has 2 aromatic heterocycles. The van der Waals surface area contributed by atoms with Crippen molar-refractivity contribution in [3.8, 4) is 5.75 Å². The molecule has 1 aliphatic heterocycles. The Morgan fingerprint density at radius 2 is 2.00 bits per heavy atom. The molecule has 1 aliphatic rings. The number of nitrogens with zero attached hydrogens (tertiary/aromatic N) is 5. The number of benzene rings is 1. The van der Waals surface area contributed by atoms with Gasteiger partial charge < -0.3 is 9.64 Å². The van der Waals surface area contributed by atoms with Crippen LogP contribution in [0, 0.1) is 0 Å². The molecule has 1 aromatic carbocycles. The van der Waals surface area contributed by atoms with Crippen molar-refractivity contribution in [2.24, 2.45) is 0 Å². The highest BCUT2D eigenvalue weighted by atomic mass is 16.5. The number of likely N-dealkylation sites (N-methyl/N-ethyl adjacent to an activating group) is 1. The van der Waals surface area contributed by atoms with E-state index in [1.165, 1.54) is 16.6 Å². The van der Waals surface area contributed by atoms with Crippen LogP contribution in [0.5, 0.6) is 5.75 Å². The van der Waals surface area contributed by atoms with Crippen LogP contribution in [0.25, 0.3) is 11.0 Å². The molecule has 1 atom stereocenters. The van der Waals surface area contributed by atoms with Crippen molar-refractivity contribution < 1.29 is 4.74 Å². The minimum absolute atomic E-state index is 0.463. The van der Waals surface area contributed by atoms with E-state index >= 15 is 0 Å². The number of fused-ring (bicyclic) bond motifs is 1. The summed E-state index contributed by atoms with van der Waals surface area (Å²) in [6.45, 7) is 7.66. The van der Waals surface area contributed by atoms with Gasteiger partial charge in [-0.05, 0) is 63.8 Å². The summed E-state index contributed by atoms with van der Waals surface area (Å²) in [5.74, 6) is 1.41. The molecule has 0 spiro atoms. The number of pyridine rings is 1. The first-order chi connectivity index (χ1) is 14.1. The van der Waals surface area contributed by atoms with E-state index in [4.69, 9.17) is 9.84 Å². The van der Waals surface area contributed by atoms with Gasteiger partial charge in [-0.3, -0.25) is 4.90 Å². The summed E-state index contributed by atoms with van der Waals surface area (Å²) in [6, 6.07) is 12.7. The molecule has 29 heavy (non-hydrogen) atoms. The Morgan fingerprint density at radius 3 is 2.76 bits per heavy atom. The lowest BCUT2D eigenvalue weighted by molar-refractivity contribution is 0.324. The van der Waals surface area contributed by atoms with Crippen LogP contribution >= 0.6 is 0 Å². The summed E-state index contributed by atoms with van der Waals surface area (Å²) in [6.07, 6.45) is 3.01. The van der Waals surface area contributed by atoms with Gasteiger partial charge in [0.25, 0.3) is 0 Å². The van der Waals surface area contributed by atoms with E-state index in [9.17, 15) is 0 Å². The van der Waals surface area contributed by atoms with Crippen molar-refractivity contribution in [1.82, 2.24) is 24.6 Å². The van der Waals surface area contributed by atoms with Crippen LogP contribution in [-0.4, -0.2) is 64.9 Å². The molecule has 0 N–H and O–H groups in total. The second-order valence-electron chi connectivity index (χ2n) is 8.08. The average molecular weight is 394 g/mol. The van der Waals surface area contributed by atoms with Gasteiger partial charge in [-0.2, -0.15) is 5.10 Å². The van der Waals surface area contributed by atoms with Gasteiger partial charge in [-0.25, -0.2) is 9.67 Å². The highest BCUT2D eigenvalue weighted by Gasteiger charge is 2.28. The standard InChI is InChI=1S/C23H31N5O/c1-4-29-20-9-7-18(8-10-20)16-27-13-11-19(17-27)22-21-6-5-12-24-23(21)28(25-22)15-14-26(2)3/h5-10,12,19H,4,11,13-17H2,1-3H3/t19-/m1/s1. The first kappa shape index (κ1) is 19.9. The molecule has 0 bridgehead atoms. The molecule has 3 heterocycles. The molecule has 0 saturated carbocycles. The van der Waals surface area contributed by atoms with Crippen molar-refractivity contribution in [2.75, 3.05) is 40.3 Å². The van der Waals surface area contributed by atoms with E-state index in [0.29, 0.717) is 12.5 Å². The summed E-state index contributed by atoms with van der Waals surface area (Å²) in [4.78, 5) is 9.33. The average Bonchev–Trinajstić information content (AvgIpc) is 3.32. The summed E-state index contributed by atoms with van der Waals surface area (Å²) >= 11 is 0. The number of aromatic nitrogens is 3. The van der Waals surface area contributed by atoms with E-state index in [2.05, 4.69) is 63.9 Å². The molecule has 1 fully saturated rings. The monoisotopic (exact) mass is 393 g/mol. The predicted octanol–water partition coefficient (Wildman–Crippen LogP) is 3.38. The molecule has 1 saturated heterocycles. The minimum atomic E-state index is 0.463. The SMILES string of the molecule is CCOc1ccc(CN2CC[C@@H](c3nn(CCN(C)C)c4ncccc34)C2)cc1. The third kappa shape index (κ3) is 4.60. The van der Waals surface area contributed by atoms with Crippen molar-refractivity contribution >= 4 is 11.0 Å². The van der Waals surface area contributed by atoms with Gasteiger partial charge >= 0.3 is 0 Å². The molecule has 6 nitrogen and oxygen atoms in total. The van der Waals surface area contributed by atoms with E-state index in [0.717, 1.165) is 50.5 Å². The highest BCUT2D eigenvalue weighted by molar-refractivity contribution is 5.78. The van der Waals surface area contributed by atoms with E-state index in [1.54, 1.807) is 0 Å². The van der Waals surface area contributed by atoms with Crippen molar-refractivity contribution in [3.63, 3.8) is 0 Å². The zero-order chi connectivity index (χ0) is 20.2. The zero-order valence-corrected chi connectivity index (χ0v) is 17.7. The quantitative estimate of drug-likeness (QED) is 0.587. The smallest absolute Gasteiger partial charge is 0.158 e. The number of ether oxygens (including phenoxy) is 1. The molecule has 6 heteroatoms. The second kappa shape index (κ2) is 8.93. The van der Waals surface area contributed by atoms with Crippen LogP contribution < -0.4 is 4.74 Å². The first-order valence-electron chi connectivity index (χ1n) is 10.5. The van der Waals surface area contributed by atoms with Crippen molar-refractivity contribution in [3.05, 3.63) is 53.9 Å². The molecule has 3 aromatic rings. The number of rotatable bonds is 8. The Morgan fingerprint density at radius 1 is 1.17 bits per heavy atom. The Hall–Kier alpha value is -2.44. The molecular formula is C23H31N5O. The van der Waals surface area contributed by atoms with Crippen LogP contribution in [0.4, 0.5) is 0 Å². The maximum absolute atomic E-state index is 5.55. The zero-order valence-electron chi connectivity index (χ0n) is 17.7. The summed E-state index contributed by atoms with van der Waals surface area (Å²) in [7, 11) is 4.19. The Labute approximate surface area is 173 Å². The van der Waals surface area contributed by atoms with Gasteiger partial charge in [0, 0.05) is 37.1 Å². The van der Waals surface area contributed by atoms with Crippen LogP contribution in [-0.2, 0) is 13.1 Å². The van der Waals surface area contributed by atoms with Crippen molar-refractivity contribution in [1.29, 1.82) is 0 Å². The van der Waals surface area contributed by atoms with Crippen LogP contribution in [0.2, 0.25) is 0 Å². The van der Waals surface area contributed by atoms with Crippen LogP contribution in [0.1, 0.15) is 30.5 Å². The van der Waals surface area contributed by atoms with Crippen LogP contribution in [0.15, 0.2) is 42.6 Å². The largest absolute Gasteiger partial charge is 0.494 e. The normalized spacial score (nSPS) is 17.4. The van der Waals surface area contributed by atoms with E-state index in [-0.39, 0.29) is 0 Å². The third-order valence-electron chi connectivity index (χ3n) is 5.59. The number of hydrogen-bond donors (Lipinski definition) is 0. The predicted molar refractivity (Wildman–Crippen MR) is 116 cm³/mol. The van der Waals surface area contributed by atoms with E-state index < -0.39 is 0 Å². The van der Waals surface area contributed by atoms with Gasteiger partial charge in [0.05, 0.1) is 18.8 Å². The van der Waals surface area contributed by atoms with Gasteiger partial charge in [-0.15, -0.1) is 0 Å². The third-order valence-corrected chi connectivity index (χ3v) is 5.59. The van der Waals surface area contributed by atoms with Gasteiger partial charge in [0.2, 0.25) is 0 Å². The van der Waals surface area contributed by atoms with Gasteiger partial charge in [0.1, 0.15) is 5.75 Å². The Kier molecular flexibility index (Phi) is 6.11. The first-order valence-corrected chi connectivity index (χ1v) is 10.5. The molecule has 0 aliphatic carbocycles. The number of likely N-dealkylation sites (tertiary alicyclic amines) is 1. The maximum Gasteiger partial charge on any atom is 0.158 e. The van der Waals surface area contributed by atoms with Crippen molar-refractivity contribution in [2.45, 2.75) is 32.4 Å². The fourth-order valence-corrected chi connectivity index (χ4v) is 4.10. The topological polar surface area (TPSA) is 46.4 Å². The summed E-state index contributed by atoms with van der Waals surface area (Å²) in [5, 5.41) is 6.21.